The molecular weight excluding hydrogens is 326 g/mol. The Hall–Kier alpha value is -2.22. The summed E-state index contributed by atoms with van der Waals surface area (Å²) in [5.74, 6) is 1.23. The molecule has 0 saturated carbocycles. The summed E-state index contributed by atoms with van der Waals surface area (Å²) in [5, 5.41) is 0. The van der Waals surface area contributed by atoms with Crippen molar-refractivity contribution in [3.8, 4) is 0 Å². The molecule has 1 aliphatic rings. The molecule has 2 aromatic rings. The van der Waals surface area contributed by atoms with Gasteiger partial charge in [0, 0.05) is 19.0 Å². The maximum atomic E-state index is 12.3. The van der Waals surface area contributed by atoms with Gasteiger partial charge in [0.1, 0.15) is 4.88 Å². The third-order valence-corrected chi connectivity index (χ3v) is 5.17. The first-order valence-electron chi connectivity index (χ1n) is 7.89. The van der Waals surface area contributed by atoms with Crippen LogP contribution in [0, 0.1) is 5.92 Å². The van der Waals surface area contributed by atoms with E-state index in [0.29, 0.717) is 22.6 Å². The van der Waals surface area contributed by atoms with Gasteiger partial charge in [-0.3, -0.25) is 0 Å². The second-order valence-electron chi connectivity index (χ2n) is 6.29. The first kappa shape index (κ1) is 16.6. The summed E-state index contributed by atoms with van der Waals surface area (Å²) in [7, 11) is 3.61. The Kier molecular flexibility index (Phi) is 4.66. The van der Waals surface area contributed by atoms with Crippen molar-refractivity contribution in [2.45, 2.75) is 32.8 Å². The van der Waals surface area contributed by atoms with Crippen LogP contribution in [-0.2, 0) is 24.2 Å². The van der Waals surface area contributed by atoms with Gasteiger partial charge in [-0.2, -0.15) is 15.0 Å². The fourth-order valence-corrected chi connectivity index (χ4v) is 3.80. The Bertz CT molecular complexity index is 759. The number of nitrogen functional groups attached to an aromatic ring is 1. The van der Waals surface area contributed by atoms with Gasteiger partial charge in [-0.15, -0.1) is 11.3 Å². The van der Waals surface area contributed by atoms with E-state index in [-0.39, 0.29) is 18.5 Å². The molecule has 0 amide bonds. The first-order chi connectivity index (χ1) is 11.4. The lowest BCUT2D eigenvalue weighted by Gasteiger charge is -2.16. The van der Waals surface area contributed by atoms with Crippen LogP contribution >= 0.6 is 11.3 Å². The number of carbonyl (C=O) groups excluding carboxylic acids is 1. The fourth-order valence-electron chi connectivity index (χ4n) is 2.70. The molecule has 0 spiro atoms. The number of thiophene rings is 1. The van der Waals surface area contributed by atoms with Crippen LogP contribution in [0.3, 0.4) is 0 Å². The number of hydrogen-bond donors (Lipinski definition) is 1. The smallest absolute Gasteiger partial charge is 0.348 e. The Morgan fingerprint density at radius 2 is 2.21 bits per heavy atom. The molecule has 8 heteroatoms. The molecular formula is C16H21N5O2S. The van der Waals surface area contributed by atoms with Crippen LogP contribution < -0.4 is 10.6 Å². The Morgan fingerprint density at radius 3 is 2.96 bits per heavy atom. The first-order valence-corrected chi connectivity index (χ1v) is 8.70. The second kappa shape index (κ2) is 6.72. The van der Waals surface area contributed by atoms with Gasteiger partial charge < -0.3 is 15.4 Å². The third-order valence-electron chi connectivity index (χ3n) is 3.95. The predicted octanol–water partition coefficient (Wildman–Crippen LogP) is 2.06. The summed E-state index contributed by atoms with van der Waals surface area (Å²) in [6, 6.07) is 1.96. The van der Waals surface area contributed by atoms with Crippen molar-refractivity contribution in [1.82, 2.24) is 15.0 Å². The zero-order valence-electron chi connectivity index (χ0n) is 14.1. The highest BCUT2D eigenvalue weighted by Gasteiger charge is 2.21. The highest BCUT2D eigenvalue weighted by molar-refractivity contribution is 7.14. The molecule has 128 valence electrons. The lowest BCUT2D eigenvalue weighted by molar-refractivity contribution is 0.0468. The predicted molar refractivity (Wildman–Crippen MR) is 93.2 cm³/mol. The zero-order chi connectivity index (χ0) is 17.3. The second-order valence-corrected chi connectivity index (χ2v) is 7.42. The van der Waals surface area contributed by atoms with Crippen molar-refractivity contribution in [2.24, 2.45) is 5.92 Å². The highest BCUT2D eigenvalue weighted by atomic mass is 32.1. The number of anilines is 2. The van der Waals surface area contributed by atoms with E-state index in [0.717, 1.165) is 12.8 Å². The molecule has 3 rings (SSSR count). The number of nitrogens with zero attached hydrogens (tertiary/aromatic N) is 4. The summed E-state index contributed by atoms with van der Waals surface area (Å²) in [4.78, 5) is 28.2. The average molecular weight is 347 g/mol. The Labute approximate surface area is 144 Å². The van der Waals surface area contributed by atoms with Gasteiger partial charge in [0.25, 0.3) is 0 Å². The van der Waals surface area contributed by atoms with Crippen LogP contribution in [0.4, 0.5) is 11.9 Å². The molecule has 0 aromatic carbocycles. The van der Waals surface area contributed by atoms with Gasteiger partial charge in [-0.25, -0.2) is 4.79 Å². The summed E-state index contributed by atoms with van der Waals surface area (Å²) >= 11 is 1.53. The number of hydrogen-bond acceptors (Lipinski definition) is 8. The van der Waals surface area contributed by atoms with Crippen molar-refractivity contribution in [3.63, 3.8) is 0 Å². The molecule has 7 nitrogen and oxygen atoms in total. The van der Waals surface area contributed by atoms with E-state index in [1.54, 1.807) is 4.90 Å². The lowest BCUT2D eigenvalue weighted by Crippen LogP contribution is -2.17. The molecule has 1 atom stereocenters. The van der Waals surface area contributed by atoms with Gasteiger partial charge in [0.05, 0.1) is 0 Å². The van der Waals surface area contributed by atoms with Crippen molar-refractivity contribution < 1.29 is 9.53 Å². The van der Waals surface area contributed by atoms with Gasteiger partial charge in [-0.1, -0.05) is 6.92 Å². The van der Waals surface area contributed by atoms with Crippen molar-refractivity contribution in [2.75, 3.05) is 24.7 Å². The van der Waals surface area contributed by atoms with Gasteiger partial charge >= 0.3 is 5.97 Å². The lowest BCUT2D eigenvalue weighted by atomic mass is 9.90. The van der Waals surface area contributed by atoms with Gasteiger partial charge in [0.2, 0.25) is 11.9 Å². The summed E-state index contributed by atoms with van der Waals surface area (Å²) < 4.78 is 5.35. The largest absolute Gasteiger partial charge is 0.453 e. The van der Waals surface area contributed by atoms with Gasteiger partial charge in [-0.05, 0) is 36.8 Å². The molecule has 0 radical (unpaired) electrons. The Morgan fingerprint density at radius 1 is 1.42 bits per heavy atom. The molecule has 0 saturated heterocycles. The number of esters is 1. The van der Waals surface area contributed by atoms with Crippen LogP contribution in [0.25, 0.3) is 0 Å². The normalized spacial score (nSPS) is 16.5. The molecule has 0 unspecified atom stereocenters. The number of nitrogens with two attached hydrogens (primary N) is 1. The maximum Gasteiger partial charge on any atom is 0.348 e. The molecule has 2 aromatic heterocycles. The van der Waals surface area contributed by atoms with E-state index in [4.69, 9.17) is 10.5 Å². The fraction of sp³-hybridized carbons (Fsp3) is 0.500. The summed E-state index contributed by atoms with van der Waals surface area (Å²) in [6.45, 7) is 2.22. The Balaban J connectivity index is 1.68. The topological polar surface area (TPSA) is 94.2 Å². The number of carbonyl (C=O) groups is 1. The number of aryl methyl sites for hydroxylation is 1. The SMILES string of the molecule is C[C@@H]1CCc2sc(C(=O)OCc3nc(N)nc(N(C)C)n3)cc2C1. The minimum absolute atomic E-state index is 0.0225. The van der Waals surface area contributed by atoms with E-state index in [1.165, 1.54) is 28.2 Å². The third kappa shape index (κ3) is 3.64. The molecule has 0 fully saturated rings. The minimum Gasteiger partial charge on any atom is -0.453 e. The van der Waals surface area contributed by atoms with E-state index < -0.39 is 0 Å². The van der Waals surface area contributed by atoms with E-state index in [1.807, 2.05) is 20.2 Å². The maximum absolute atomic E-state index is 12.3. The summed E-state index contributed by atoms with van der Waals surface area (Å²) in [5.41, 5.74) is 6.95. The zero-order valence-corrected chi connectivity index (χ0v) is 14.9. The standard InChI is InChI=1S/C16H21N5O2S/c1-9-4-5-11-10(6-9)7-12(24-11)14(22)23-8-13-18-15(17)20-16(19-13)21(2)3/h7,9H,4-6,8H2,1-3H3,(H2,17,18,19,20)/t9-/m1/s1. The van der Waals surface area contributed by atoms with Crippen molar-refractivity contribution in [3.05, 3.63) is 27.2 Å². The molecule has 2 heterocycles. The molecule has 0 bridgehead atoms. The number of aromatic nitrogens is 3. The van der Waals surface area contributed by atoms with Crippen molar-refractivity contribution >= 4 is 29.2 Å². The monoisotopic (exact) mass is 347 g/mol. The van der Waals surface area contributed by atoms with Crippen molar-refractivity contribution in [1.29, 1.82) is 0 Å². The number of fused-ring (bicyclic) bond motifs is 1. The van der Waals surface area contributed by atoms with E-state index in [2.05, 4.69) is 21.9 Å². The van der Waals surface area contributed by atoms with Crippen LogP contribution in [0.5, 0.6) is 0 Å². The molecule has 0 aliphatic heterocycles. The highest BCUT2D eigenvalue weighted by Crippen LogP contribution is 2.32. The molecule has 2 N–H and O–H groups in total. The van der Waals surface area contributed by atoms with E-state index >= 15 is 0 Å². The quantitative estimate of drug-likeness (QED) is 0.846. The number of ether oxygens (including phenoxy) is 1. The number of rotatable bonds is 4. The van der Waals surface area contributed by atoms with Crippen LogP contribution in [0.2, 0.25) is 0 Å². The molecule has 24 heavy (non-hydrogen) atoms. The van der Waals surface area contributed by atoms with E-state index in [9.17, 15) is 4.79 Å². The summed E-state index contributed by atoms with van der Waals surface area (Å²) in [6.07, 6.45) is 3.26. The average Bonchev–Trinajstić information content (AvgIpc) is 2.95. The van der Waals surface area contributed by atoms with Crippen LogP contribution in [0.15, 0.2) is 6.07 Å². The molecule has 1 aliphatic carbocycles. The van der Waals surface area contributed by atoms with Crippen LogP contribution in [-0.4, -0.2) is 35.0 Å². The minimum atomic E-state index is -0.340. The van der Waals surface area contributed by atoms with Crippen LogP contribution in [0.1, 0.15) is 39.3 Å². The van der Waals surface area contributed by atoms with Gasteiger partial charge in [0.15, 0.2) is 12.4 Å².